The van der Waals surface area contributed by atoms with E-state index in [1.54, 1.807) is 0 Å². The van der Waals surface area contributed by atoms with Gasteiger partial charge in [-0.2, -0.15) is 0 Å². The number of benzene rings is 1. The van der Waals surface area contributed by atoms with Crippen LogP contribution in [0.5, 0.6) is 0 Å². The van der Waals surface area contributed by atoms with Crippen molar-refractivity contribution in [3.05, 3.63) is 70.3 Å². The minimum absolute atomic E-state index is 0.562. The third-order valence-corrected chi connectivity index (χ3v) is 5.71. The molecule has 1 aromatic carbocycles. The zero-order valence-electron chi connectivity index (χ0n) is 18.2. The monoisotopic (exact) mass is 446 g/mol. The van der Waals surface area contributed by atoms with Crippen molar-refractivity contribution in [2.24, 2.45) is 0 Å². The van der Waals surface area contributed by atoms with E-state index in [0.29, 0.717) is 17.4 Å². The first-order chi connectivity index (χ1) is 15.5. The van der Waals surface area contributed by atoms with E-state index in [1.165, 1.54) is 5.56 Å². The Morgan fingerprint density at radius 2 is 1.88 bits per heavy atom. The quantitative estimate of drug-likeness (QED) is 0.409. The Kier molecular flexibility index (Phi) is 5.22. The van der Waals surface area contributed by atoms with Gasteiger partial charge in [-0.15, -0.1) is 5.10 Å². The Bertz CT molecular complexity index is 1380. The maximum atomic E-state index is 6.27. The molecule has 0 aliphatic rings. The van der Waals surface area contributed by atoms with Crippen LogP contribution in [0.3, 0.4) is 0 Å². The van der Waals surface area contributed by atoms with E-state index in [1.807, 2.05) is 23.8 Å². The topological polar surface area (TPSA) is 90.1 Å². The van der Waals surface area contributed by atoms with Crippen LogP contribution in [0.1, 0.15) is 36.0 Å². The summed E-state index contributed by atoms with van der Waals surface area (Å²) in [4.78, 5) is 9.71. The lowest BCUT2D eigenvalue weighted by molar-refractivity contribution is 0.716. The Hall–Kier alpha value is -3.52. The molecule has 0 amide bonds. The lowest BCUT2D eigenvalue weighted by Gasteiger charge is -2.11. The van der Waals surface area contributed by atoms with E-state index in [4.69, 9.17) is 21.6 Å². The predicted molar refractivity (Wildman–Crippen MR) is 124 cm³/mol. The first kappa shape index (κ1) is 20.4. The normalized spacial score (nSPS) is 11.5. The maximum Gasteiger partial charge on any atom is 0.196 e. The number of aromatic amines is 1. The average molecular weight is 447 g/mol. The predicted octanol–water partition coefficient (Wildman–Crippen LogP) is 4.67. The second kappa shape index (κ2) is 8.20. The average Bonchev–Trinajstić information content (AvgIpc) is 3.49. The Balaban J connectivity index is 1.50. The smallest absolute Gasteiger partial charge is 0.196 e. The summed E-state index contributed by atoms with van der Waals surface area (Å²) in [5.74, 6) is 1.64. The minimum Gasteiger partial charge on any atom is -0.312 e. The fourth-order valence-corrected chi connectivity index (χ4v) is 4.27. The molecule has 4 aromatic heterocycles. The number of nitrogens with zero attached hydrogens (tertiary/aromatic N) is 7. The SMILES string of the molecule is CCCc1nc2c(C)cc(C)nc2n1Cc1ccc(-n2cc(Cl)cc2-c2nnn[nH]2)cc1. The van der Waals surface area contributed by atoms with Crippen LogP contribution in [-0.2, 0) is 13.0 Å². The van der Waals surface area contributed by atoms with Gasteiger partial charge in [0.1, 0.15) is 11.3 Å². The summed E-state index contributed by atoms with van der Waals surface area (Å²) in [5.41, 5.74) is 7.06. The molecule has 32 heavy (non-hydrogen) atoms. The van der Waals surface area contributed by atoms with Crippen LogP contribution in [0.25, 0.3) is 28.4 Å². The number of fused-ring (bicyclic) bond motifs is 1. The standard InChI is InChI=1S/C23H23ClN8/c1-4-5-20-26-21-14(2)10-15(3)25-23(21)32(20)12-16-6-8-18(9-7-16)31-13-17(24)11-19(31)22-27-29-30-28-22/h6-11,13H,4-5,12H2,1-3H3,(H,27,28,29,30). The maximum absolute atomic E-state index is 6.27. The number of hydrogen-bond acceptors (Lipinski definition) is 5. The van der Waals surface area contributed by atoms with Gasteiger partial charge in [-0.25, -0.2) is 15.1 Å². The van der Waals surface area contributed by atoms with Gasteiger partial charge in [0.25, 0.3) is 0 Å². The van der Waals surface area contributed by atoms with Gasteiger partial charge in [0.05, 0.1) is 17.3 Å². The van der Waals surface area contributed by atoms with Gasteiger partial charge in [0.2, 0.25) is 0 Å². The molecule has 5 aromatic rings. The molecule has 0 fully saturated rings. The van der Waals surface area contributed by atoms with Crippen LogP contribution < -0.4 is 0 Å². The molecule has 0 atom stereocenters. The van der Waals surface area contributed by atoms with Crippen molar-refractivity contribution < 1.29 is 0 Å². The van der Waals surface area contributed by atoms with Crippen molar-refractivity contribution in [3.8, 4) is 17.2 Å². The Morgan fingerprint density at radius 1 is 1.06 bits per heavy atom. The van der Waals surface area contributed by atoms with Crippen LogP contribution in [0, 0.1) is 13.8 Å². The minimum atomic E-state index is 0.562. The van der Waals surface area contributed by atoms with E-state index in [9.17, 15) is 0 Å². The van der Waals surface area contributed by atoms with Gasteiger partial charge in [-0.3, -0.25) is 0 Å². The van der Waals surface area contributed by atoms with Crippen molar-refractivity contribution >= 4 is 22.8 Å². The Morgan fingerprint density at radius 3 is 2.59 bits per heavy atom. The molecular weight excluding hydrogens is 424 g/mol. The Labute approximate surface area is 190 Å². The number of aromatic nitrogens is 8. The summed E-state index contributed by atoms with van der Waals surface area (Å²) in [6.07, 6.45) is 3.81. The van der Waals surface area contributed by atoms with E-state index in [2.05, 4.69) is 69.4 Å². The zero-order chi connectivity index (χ0) is 22.2. The van der Waals surface area contributed by atoms with E-state index >= 15 is 0 Å². The molecule has 0 aliphatic carbocycles. The van der Waals surface area contributed by atoms with Gasteiger partial charge in [0.15, 0.2) is 11.5 Å². The summed E-state index contributed by atoms with van der Waals surface area (Å²) in [6, 6.07) is 12.3. The van der Waals surface area contributed by atoms with E-state index in [-0.39, 0.29) is 0 Å². The van der Waals surface area contributed by atoms with Gasteiger partial charge >= 0.3 is 0 Å². The number of nitrogens with one attached hydrogen (secondary N) is 1. The molecule has 0 aliphatic heterocycles. The molecule has 0 unspecified atom stereocenters. The number of pyridine rings is 1. The van der Waals surface area contributed by atoms with Crippen molar-refractivity contribution in [3.63, 3.8) is 0 Å². The van der Waals surface area contributed by atoms with Gasteiger partial charge in [-0.1, -0.05) is 30.7 Å². The molecular formula is C23H23ClN8. The molecule has 0 saturated carbocycles. The van der Waals surface area contributed by atoms with Crippen molar-refractivity contribution in [2.45, 2.75) is 40.2 Å². The number of imidazole rings is 1. The van der Waals surface area contributed by atoms with E-state index in [0.717, 1.165) is 52.5 Å². The number of aryl methyl sites for hydroxylation is 3. The summed E-state index contributed by atoms with van der Waals surface area (Å²) in [5, 5.41) is 14.8. The molecule has 162 valence electrons. The van der Waals surface area contributed by atoms with Crippen molar-refractivity contribution in [2.75, 3.05) is 0 Å². The second-order valence-electron chi connectivity index (χ2n) is 7.95. The van der Waals surface area contributed by atoms with E-state index < -0.39 is 0 Å². The van der Waals surface area contributed by atoms with Crippen LogP contribution in [0.4, 0.5) is 0 Å². The van der Waals surface area contributed by atoms with Crippen LogP contribution >= 0.6 is 11.6 Å². The van der Waals surface area contributed by atoms with Crippen molar-refractivity contribution in [1.82, 2.24) is 39.7 Å². The fourth-order valence-electron chi connectivity index (χ4n) is 4.07. The molecule has 8 nitrogen and oxygen atoms in total. The third kappa shape index (κ3) is 3.67. The van der Waals surface area contributed by atoms with Gasteiger partial charge < -0.3 is 9.13 Å². The number of H-pyrrole nitrogens is 1. The summed E-state index contributed by atoms with van der Waals surface area (Å²) in [6.45, 7) is 7.02. The lowest BCUT2D eigenvalue weighted by atomic mass is 10.2. The highest BCUT2D eigenvalue weighted by atomic mass is 35.5. The molecule has 0 bridgehead atoms. The van der Waals surface area contributed by atoms with Crippen molar-refractivity contribution in [1.29, 1.82) is 0 Å². The highest BCUT2D eigenvalue weighted by Gasteiger charge is 2.15. The highest BCUT2D eigenvalue weighted by Crippen LogP contribution is 2.26. The number of halogens is 1. The third-order valence-electron chi connectivity index (χ3n) is 5.50. The molecule has 5 rings (SSSR count). The summed E-state index contributed by atoms with van der Waals surface area (Å²) in [7, 11) is 0. The number of hydrogen-bond donors (Lipinski definition) is 1. The summed E-state index contributed by atoms with van der Waals surface area (Å²) < 4.78 is 4.21. The first-order valence-corrected chi connectivity index (χ1v) is 11.0. The molecule has 1 N–H and O–H groups in total. The molecule has 9 heteroatoms. The van der Waals surface area contributed by atoms with Crippen LogP contribution in [0.15, 0.2) is 42.6 Å². The molecule has 0 spiro atoms. The van der Waals surface area contributed by atoms with Crippen LogP contribution in [-0.4, -0.2) is 39.7 Å². The molecule has 4 heterocycles. The first-order valence-electron chi connectivity index (χ1n) is 10.6. The van der Waals surface area contributed by atoms with Gasteiger partial charge in [0, 0.05) is 24.0 Å². The molecule has 0 radical (unpaired) electrons. The second-order valence-corrected chi connectivity index (χ2v) is 8.38. The number of rotatable bonds is 6. The largest absolute Gasteiger partial charge is 0.312 e. The number of tetrazole rings is 1. The molecule has 0 saturated heterocycles. The van der Waals surface area contributed by atoms with Crippen LogP contribution in [0.2, 0.25) is 5.02 Å². The summed E-state index contributed by atoms with van der Waals surface area (Å²) >= 11 is 6.27. The zero-order valence-corrected chi connectivity index (χ0v) is 18.9. The lowest BCUT2D eigenvalue weighted by Crippen LogP contribution is -2.06. The van der Waals surface area contributed by atoms with Gasteiger partial charge in [-0.05, 0) is 66.1 Å². The fraction of sp³-hybridized carbons (Fsp3) is 0.261. The highest BCUT2D eigenvalue weighted by molar-refractivity contribution is 6.30.